The maximum Gasteiger partial charge on any atom is 0.487 e. The van der Waals surface area contributed by atoms with Crippen LogP contribution in [0.25, 0.3) is 0 Å². The molecule has 0 saturated carbocycles. The quantitative estimate of drug-likeness (QED) is 0.565. The van der Waals surface area contributed by atoms with Gasteiger partial charge in [-0.2, -0.15) is 0 Å². The monoisotopic (exact) mass is 437 g/mol. The topological polar surface area (TPSA) is 87.1 Å². The minimum atomic E-state index is -1.11. The summed E-state index contributed by atoms with van der Waals surface area (Å²) in [5, 5.41) is 22.7. The van der Waals surface area contributed by atoms with Crippen molar-refractivity contribution in [2.24, 2.45) is 17.8 Å². The van der Waals surface area contributed by atoms with Gasteiger partial charge in [0.25, 0.3) is 0 Å². The Labute approximate surface area is 185 Å². The number of fused-ring (bicyclic) bond motifs is 3. The number of phenols is 1. The van der Waals surface area contributed by atoms with Crippen molar-refractivity contribution in [3.63, 3.8) is 0 Å². The molecule has 31 heavy (non-hydrogen) atoms. The number of amides is 2. The summed E-state index contributed by atoms with van der Waals surface area (Å²) in [6.07, 6.45) is 1.24. The van der Waals surface area contributed by atoms with Gasteiger partial charge in [-0.05, 0) is 59.8 Å². The average Bonchev–Trinajstić information content (AvgIpc) is 3.36. The number of aromatic hydroxyl groups is 1. The van der Waals surface area contributed by atoms with E-state index >= 15 is 0 Å². The van der Waals surface area contributed by atoms with Gasteiger partial charge in [-0.25, -0.2) is 0 Å². The number of hydrogen-bond donors (Lipinski definition) is 2. The number of rotatable bonds is 4. The zero-order valence-corrected chi connectivity index (χ0v) is 18.0. The Balaban J connectivity index is 1.50. The first-order valence-electron chi connectivity index (χ1n) is 10.7. The second-order valence-electron chi connectivity index (χ2n) is 8.51. The Kier molecular flexibility index (Phi) is 5.24. The van der Waals surface area contributed by atoms with Crippen LogP contribution in [0.2, 0.25) is 0 Å². The summed E-state index contributed by atoms with van der Waals surface area (Å²) in [6, 6.07) is 10.6. The molecule has 2 amide bonds. The van der Waals surface area contributed by atoms with Crippen molar-refractivity contribution in [3.05, 3.63) is 63.3 Å². The number of likely N-dealkylation sites (tertiary alicyclic amines) is 1. The lowest BCUT2D eigenvalue weighted by Crippen LogP contribution is -2.44. The molecule has 1 aliphatic carbocycles. The largest absolute Gasteiger partial charge is 0.508 e. The summed E-state index contributed by atoms with van der Waals surface area (Å²) in [4.78, 5) is 29.1. The third kappa shape index (κ3) is 3.43. The van der Waals surface area contributed by atoms with Crippen LogP contribution in [0.15, 0.2) is 52.8 Å². The van der Waals surface area contributed by atoms with E-state index in [1.54, 1.807) is 18.2 Å². The van der Waals surface area contributed by atoms with Gasteiger partial charge in [0, 0.05) is 4.88 Å². The van der Waals surface area contributed by atoms with E-state index in [0.29, 0.717) is 25.8 Å². The first kappa shape index (κ1) is 20.5. The van der Waals surface area contributed by atoms with Gasteiger partial charge in [-0.15, -0.1) is 11.3 Å². The lowest BCUT2D eigenvalue weighted by Gasteiger charge is -2.42. The fourth-order valence-corrected chi connectivity index (χ4v) is 6.16. The third-order valence-electron chi connectivity index (χ3n) is 6.87. The van der Waals surface area contributed by atoms with Gasteiger partial charge in [0.1, 0.15) is 5.75 Å². The van der Waals surface area contributed by atoms with Gasteiger partial charge in [-0.3, -0.25) is 14.5 Å². The number of nitrogens with zero attached hydrogens (tertiary/aromatic N) is 1. The minimum Gasteiger partial charge on any atom is -0.508 e. The molecule has 8 heteroatoms. The summed E-state index contributed by atoms with van der Waals surface area (Å²) in [6.45, 7) is 2.32. The molecule has 4 atom stereocenters. The maximum absolute atomic E-state index is 13.5. The highest BCUT2D eigenvalue weighted by Gasteiger charge is 2.57. The summed E-state index contributed by atoms with van der Waals surface area (Å²) in [5.41, 5.74) is 2.55. The fourth-order valence-electron chi connectivity index (χ4n) is 5.47. The Morgan fingerprint density at radius 1 is 1.19 bits per heavy atom. The Morgan fingerprint density at radius 3 is 2.74 bits per heavy atom. The van der Waals surface area contributed by atoms with E-state index in [2.05, 4.69) is 0 Å². The molecule has 1 aromatic carbocycles. The van der Waals surface area contributed by atoms with Gasteiger partial charge in [0.15, 0.2) is 0 Å². The zero-order valence-electron chi connectivity index (χ0n) is 17.2. The lowest BCUT2D eigenvalue weighted by atomic mass is 9.55. The van der Waals surface area contributed by atoms with E-state index < -0.39 is 19.1 Å². The molecule has 3 heterocycles. The highest BCUT2D eigenvalue weighted by molar-refractivity contribution is 7.09. The molecule has 0 bridgehead atoms. The second-order valence-corrected chi connectivity index (χ2v) is 9.54. The molecule has 1 aromatic heterocycles. The van der Waals surface area contributed by atoms with Crippen molar-refractivity contribution in [3.8, 4) is 5.75 Å². The van der Waals surface area contributed by atoms with Crippen LogP contribution in [-0.2, 0) is 20.8 Å². The third-order valence-corrected chi connectivity index (χ3v) is 7.73. The predicted octanol–water partition coefficient (Wildman–Crippen LogP) is 3.46. The van der Waals surface area contributed by atoms with Crippen LogP contribution in [0.4, 0.5) is 0 Å². The molecular weight excluding hydrogens is 413 g/mol. The van der Waals surface area contributed by atoms with Crippen molar-refractivity contribution < 1.29 is 24.4 Å². The molecule has 0 spiro atoms. The molecule has 3 aliphatic rings. The van der Waals surface area contributed by atoms with Crippen molar-refractivity contribution in [1.29, 1.82) is 0 Å². The number of allylic oxidation sites excluding steroid dienone is 2. The molecule has 2 aromatic rings. The number of thiophene rings is 1. The van der Waals surface area contributed by atoms with E-state index in [9.17, 15) is 19.7 Å². The lowest BCUT2D eigenvalue weighted by molar-refractivity contribution is -0.140. The van der Waals surface area contributed by atoms with Crippen LogP contribution in [-0.4, -0.2) is 34.0 Å². The van der Waals surface area contributed by atoms with Crippen LogP contribution in [0.3, 0.4) is 0 Å². The van der Waals surface area contributed by atoms with Gasteiger partial charge in [0.05, 0.1) is 24.5 Å². The normalized spacial score (nSPS) is 28.2. The van der Waals surface area contributed by atoms with Crippen LogP contribution in [0.1, 0.15) is 42.7 Å². The second kappa shape index (κ2) is 7.93. The molecular formula is C23H24BNO5S. The summed E-state index contributed by atoms with van der Waals surface area (Å²) in [5.74, 6) is -1.24. The Bertz CT molecular complexity index is 1050. The van der Waals surface area contributed by atoms with Crippen molar-refractivity contribution in [2.75, 3.05) is 0 Å². The van der Waals surface area contributed by atoms with E-state index in [0.717, 1.165) is 21.5 Å². The number of hydrogen-bond acceptors (Lipinski definition) is 6. The molecule has 0 unspecified atom stereocenters. The van der Waals surface area contributed by atoms with E-state index in [-0.39, 0.29) is 29.4 Å². The summed E-state index contributed by atoms with van der Waals surface area (Å²) in [7, 11) is -1.11. The molecule has 2 saturated heterocycles. The van der Waals surface area contributed by atoms with Crippen LogP contribution >= 0.6 is 11.3 Å². The van der Waals surface area contributed by atoms with Gasteiger partial charge in [0.2, 0.25) is 11.8 Å². The summed E-state index contributed by atoms with van der Waals surface area (Å²) < 4.78 is 5.93. The molecule has 6 nitrogen and oxygen atoms in total. The van der Waals surface area contributed by atoms with Crippen LogP contribution in [0, 0.1) is 17.8 Å². The first-order valence-corrected chi connectivity index (χ1v) is 11.6. The van der Waals surface area contributed by atoms with E-state index in [1.807, 2.05) is 30.5 Å². The number of imide groups is 1. The fraction of sp³-hybridized carbons (Fsp3) is 0.391. The van der Waals surface area contributed by atoms with E-state index in [1.165, 1.54) is 16.2 Å². The molecule has 2 fully saturated rings. The smallest absolute Gasteiger partial charge is 0.487 e. The minimum absolute atomic E-state index is 0.108. The molecule has 2 N–H and O–H groups in total. The highest BCUT2D eigenvalue weighted by atomic mass is 32.1. The maximum atomic E-state index is 13.5. The highest BCUT2D eigenvalue weighted by Crippen LogP contribution is 2.52. The first-order chi connectivity index (χ1) is 15.0. The number of carbonyl (C=O) groups excluding carboxylic acids is 2. The average molecular weight is 437 g/mol. The van der Waals surface area contributed by atoms with Gasteiger partial charge >= 0.3 is 7.12 Å². The zero-order chi connectivity index (χ0) is 21.7. The van der Waals surface area contributed by atoms with Crippen molar-refractivity contribution in [1.82, 2.24) is 4.90 Å². The van der Waals surface area contributed by atoms with Crippen LogP contribution in [0.5, 0.6) is 5.75 Å². The Hall–Kier alpha value is -2.42. The van der Waals surface area contributed by atoms with Crippen LogP contribution < -0.4 is 0 Å². The SMILES string of the molecule is CCC1=C2B(O)O[C@H](c3cccc(O)c3)C[C@H]2[C@H]2C(=O)N(Cc3cccs3)C(=O)[C@H]2C1. The number of benzene rings is 1. The van der Waals surface area contributed by atoms with E-state index in [4.69, 9.17) is 4.65 Å². The Morgan fingerprint density at radius 2 is 2.03 bits per heavy atom. The molecule has 0 radical (unpaired) electrons. The molecule has 5 rings (SSSR count). The number of phenolic OH excluding ortho intramolecular Hbond substituents is 1. The summed E-state index contributed by atoms with van der Waals surface area (Å²) >= 11 is 1.53. The van der Waals surface area contributed by atoms with Crippen molar-refractivity contribution in [2.45, 2.75) is 38.8 Å². The molecule has 2 aliphatic heterocycles. The number of carbonyl (C=O) groups is 2. The van der Waals surface area contributed by atoms with Crippen molar-refractivity contribution >= 4 is 30.3 Å². The standard InChI is InChI=1S/C23H24BNO5S/c1-2-13-10-18-20(23(28)25(22(18)27)12-16-7-4-8-31-16)17-11-19(30-24(29)21(13)17)14-5-3-6-15(26)9-14/h3-9,17-20,26,29H,2,10-12H2,1H3/t17-,18-,19-,20+/m0/s1. The van der Waals surface area contributed by atoms with Gasteiger partial charge < -0.3 is 14.8 Å². The molecule has 160 valence electrons. The van der Waals surface area contributed by atoms with Gasteiger partial charge in [-0.1, -0.05) is 30.7 Å². The predicted molar refractivity (Wildman–Crippen MR) is 117 cm³/mol.